The lowest BCUT2D eigenvalue weighted by Gasteiger charge is -2.30. The van der Waals surface area contributed by atoms with Gasteiger partial charge in [0.1, 0.15) is 11.3 Å². The van der Waals surface area contributed by atoms with Gasteiger partial charge in [-0.3, -0.25) is 9.52 Å². The minimum atomic E-state index is -3.85. The van der Waals surface area contributed by atoms with Gasteiger partial charge in [-0.2, -0.15) is 0 Å². The number of carbonyl (C=O) groups is 1. The van der Waals surface area contributed by atoms with Crippen molar-refractivity contribution in [2.24, 2.45) is 5.92 Å². The van der Waals surface area contributed by atoms with Crippen molar-refractivity contribution in [1.29, 1.82) is 0 Å². The molecule has 0 spiro atoms. The summed E-state index contributed by atoms with van der Waals surface area (Å²) in [6, 6.07) is 11.3. The molecule has 0 bridgehead atoms. The van der Waals surface area contributed by atoms with Crippen LogP contribution in [0.15, 0.2) is 57.0 Å². The van der Waals surface area contributed by atoms with E-state index in [4.69, 9.17) is 9.15 Å². The van der Waals surface area contributed by atoms with E-state index in [0.717, 1.165) is 25.9 Å². The zero-order valence-electron chi connectivity index (χ0n) is 17.9. The Hall–Kier alpha value is -2.72. The summed E-state index contributed by atoms with van der Waals surface area (Å²) < 4.78 is 39.2. The standard InChI is InChI=1S/C22H25N3O5S2/c1-15-6-5-11-25(13-15)21(26)14-31-22-23-18-12-16(9-10-20(18)30-22)32(27,28)24-17-7-3-4-8-19(17)29-2/h3-4,7-10,12,15,24H,5-6,11,13-14H2,1-2H3/t15-/m1/s1. The molecule has 1 aromatic heterocycles. The second kappa shape index (κ2) is 9.41. The Morgan fingerprint density at radius 2 is 2.12 bits per heavy atom. The Bertz CT molecular complexity index is 1230. The normalized spacial score (nSPS) is 16.8. The summed E-state index contributed by atoms with van der Waals surface area (Å²) in [6.07, 6.45) is 2.18. The molecule has 10 heteroatoms. The number of nitrogens with one attached hydrogen (secondary N) is 1. The lowest BCUT2D eigenvalue weighted by molar-refractivity contribution is -0.130. The van der Waals surface area contributed by atoms with Crippen LogP contribution in [-0.4, -0.2) is 50.2 Å². The third-order valence-corrected chi connectivity index (χ3v) is 7.51. The largest absolute Gasteiger partial charge is 0.495 e. The first-order valence-corrected chi connectivity index (χ1v) is 12.8. The maximum absolute atomic E-state index is 12.9. The van der Waals surface area contributed by atoms with Gasteiger partial charge in [0.2, 0.25) is 5.91 Å². The zero-order chi connectivity index (χ0) is 22.7. The first-order chi connectivity index (χ1) is 15.4. The number of methoxy groups -OCH3 is 1. The number of anilines is 1. The lowest BCUT2D eigenvalue weighted by atomic mass is 10.0. The van der Waals surface area contributed by atoms with Crippen LogP contribution >= 0.6 is 11.8 Å². The van der Waals surface area contributed by atoms with Gasteiger partial charge in [0, 0.05) is 13.1 Å². The molecule has 2 aromatic carbocycles. The molecule has 1 fully saturated rings. The molecule has 0 radical (unpaired) electrons. The predicted octanol–water partition coefficient (Wildman–Crippen LogP) is 3.99. The molecule has 32 heavy (non-hydrogen) atoms. The summed E-state index contributed by atoms with van der Waals surface area (Å²) in [5.41, 5.74) is 1.22. The Morgan fingerprint density at radius 3 is 2.91 bits per heavy atom. The lowest BCUT2D eigenvalue weighted by Crippen LogP contribution is -2.40. The number of likely N-dealkylation sites (tertiary alicyclic amines) is 1. The third-order valence-electron chi connectivity index (χ3n) is 5.33. The molecular formula is C22H25N3O5S2. The summed E-state index contributed by atoms with van der Waals surface area (Å²) in [5.74, 6) is 1.24. The average molecular weight is 476 g/mol. The van der Waals surface area contributed by atoms with Gasteiger partial charge in [0.15, 0.2) is 5.58 Å². The van der Waals surface area contributed by atoms with E-state index in [1.54, 1.807) is 30.3 Å². The number of sulfonamides is 1. The highest BCUT2D eigenvalue weighted by atomic mass is 32.2. The number of aromatic nitrogens is 1. The molecule has 0 unspecified atom stereocenters. The Kier molecular flexibility index (Phi) is 6.61. The average Bonchev–Trinajstić information content (AvgIpc) is 3.20. The Labute approximate surface area is 191 Å². The van der Waals surface area contributed by atoms with Gasteiger partial charge in [0.25, 0.3) is 15.2 Å². The Balaban J connectivity index is 1.47. The fraction of sp³-hybridized carbons (Fsp3) is 0.364. The SMILES string of the molecule is COc1ccccc1NS(=O)(=O)c1ccc2oc(SCC(=O)N3CCC[C@@H](C)C3)nc2c1. The van der Waals surface area contributed by atoms with E-state index in [0.29, 0.717) is 33.7 Å². The highest BCUT2D eigenvalue weighted by Gasteiger charge is 2.22. The van der Waals surface area contributed by atoms with E-state index in [1.165, 1.54) is 31.0 Å². The van der Waals surface area contributed by atoms with Gasteiger partial charge in [-0.25, -0.2) is 13.4 Å². The number of oxazole rings is 1. The van der Waals surface area contributed by atoms with Gasteiger partial charge in [-0.05, 0) is 49.1 Å². The summed E-state index contributed by atoms with van der Waals surface area (Å²) >= 11 is 1.22. The zero-order valence-corrected chi connectivity index (χ0v) is 19.5. The molecule has 1 amide bonds. The van der Waals surface area contributed by atoms with Crippen LogP contribution in [0.2, 0.25) is 0 Å². The first kappa shape index (κ1) is 22.5. The topological polar surface area (TPSA) is 102 Å². The smallest absolute Gasteiger partial charge is 0.262 e. The van der Waals surface area contributed by atoms with Crippen LogP contribution in [0, 0.1) is 5.92 Å². The molecule has 4 rings (SSSR count). The van der Waals surface area contributed by atoms with Crippen LogP contribution in [0.4, 0.5) is 5.69 Å². The highest BCUT2D eigenvalue weighted by molar-refractivity contribution is 7.99. The maximum atomic E-state index is 12.9. The fourth-order valence-corrected chi connectivity index (χ4v) is 5.51. The number of carbonyl (C=O) groups excluding carboxylic acids is 1. The third kappa shape index (κ3) is 5.02. The second-order valence-electron chi connectivity index (χ2n) is 7.79. The van der Waals surface area contributed by atoms with E-state index < -0.39 is 10.0 Å². The summed E-state index contributed by atoms with van der Waals surface area (Å²) in [7, 11) is -2.38. The number of amides is 1. The van der Waals surface area contributed by atoms with Gasteiger partial charge in [-0.15, -0.1) is 0 Å². The molecule has 1 saturated heterocycles. The van der Waals surface area contributed by atoms with Crippen molar-refractivity contribution < 1.29 is 22.4 Å². The molecule has 8 nitrogen and oxygen atoms in total. The van der Waals surface area contributed by atoms with Crippen molar-refractivity contribution in [2.75, 3.05) is 30.7 Å². The second-order valence-corrected chi connectivity index (χ2v) is 10.4. The van der Waals surface area contributed by atoms with Gasteiger partial charge < -0.3 is 14.1 Å². The molecule has 1 N–H and O–H groups in total. The van der Waals surface area contributed by atoms with E-state index >= 15 is 0 Å². The number of piperidine rings is 1. The number of ether oxygens (including phenoxy) is 1. The number of hydrogen-bond acceptors (Lipinski definition) is 7. The van der Waals surface area contributed by atoms with E-state index in [-0.39, 0.29) is 16.6 Å². The molecule has 170 valence electrons. The van der Waals surface area contributed by atoms with Crippen molar-refractivity contribution >= 4 is 44.5 Å². The summed E-state index contributed by atoms with van der Waals surface area (Å²) in [4.78, 5) is 18.8. The maximum Gasteiger partial charge on any atom is 0.262 e. The quantitative estimate of drug-likeness (QED) is 0.516. The molecular weight excluding hydrogens is 450 g/mol. The minimum Gasteiger partial charge on any atom is -0.495 e. The fourth-order valence-electron chi connectivity index (χ4n) is 3.68. The van der Waals surface area contributed by atoms with Crippen LogP contribution in [0.1, 0.15) is 19.8 Å². The van der Waals surface area contributed by atoms with Crippen molar-refractivity contribution in [1.82, 2.24) is 9.88 Å². The molecule has 0 aliphatic carbocycles. The Morgan fingerprint density at radius 1 is 1.31 bits per heavy atom. The van der Waals surface area contributed by atoms with Crippen molar-refractivity contribution in [2.45, 2.75) is 29.9 Å². The van der Waals surface area contributed by atoms with Crippen molar-refractivity contribution in [3.05, 3.63) is 42.5 Å². The molecule has 3 aromatic rings. The van der Waals surface area contributed by atoms with E-state index in [9.17, 15) is 13.2 Å². The molecule has 1 atom stereocenters. The van der Waals surface area contributed by atoms with E-state index in [2.05, 4.69) is 16.6 Å². The predicted molar refractivity (Wildman–Crippen MR) is 124 cm³/mol. The van der Waals surface area contributed by atoms with Gasteiger partial charge in [0.05, 0.1) is 23.4 Å². The number of fused-ring (bicyclic) bond motifs is 1. The summed E-state index contributed by atoms with van der Waals surface area (Å²) in [5, 5.41) is 0.339. The van der Waals surface area contributed by atoms with Crippen LogP contribution in [0.5, 0.6) is 5.75 Å². The number of hydrogen-bond donors (Lipinski definition) is 1. The summed E-state index contributed by atoms with van der Waals surface area (Å²) in [6.45, 7) is 3.73. The van der Waals surface area contributed by atoms with E-state index in [1.807, 2.05) is 4.90 Å². The molecule has 0 saturated carbocycles. The monoisotopic (exact) mass is 475 g/mol. The van der Waals surface area contributed by atoms with Crippen LogP contribution in [-0.2, 0) is 14.8 Å². The number of nitrogens with zero attached hydrogens (tertiary/aromatic N) is 2. The first-order valence-electron chi connectivity index (χ1n) is 10.3. The van der Waals surface area contributed by atoms with Crippen molar-refractivity contribution in [3.63, 3.8) is 0 Å². The number of benzene rings is 2. The highest BCUT2D eigenvalue weighted by Crippen LogP contribution is 2.29. The van der Waals surface area contributed by atoms with Crippen LogP contribution in [0.25, 0.3) is 11.1 Å². The van der Waals surface area contributed by atoms with Crippen LogP contribution in [0.3, 0.4) is 0 Å². The number of thioether (sulfide) groups is 1. The molecule has 2 heterocycles. The van der Waals surface area contributed by atoms with Crippen molar-refractivity contribution in [3.8, 4) is 5.75 Å². The van der Waals surface area contributed by atoms with Gasteiger partial charge >= 0.3 is 0 Å². The molecule has 1 aliphatic rings. The number of para-hydroxylation sites is 2. The molecule has 1 aliphatic heterocycles. The minimum absolute atomic E-state index is 0.0548. The van der Waals surface area contributed by atoms with Gasteiger partial charge in [-0.1, -0.05) is 30.8 Å². The number of rotatable bonds is 7. The van der Waals surface area contributed by atoms with Crippen LogP contribution < -0.4 is 9.46 Å².